The SMILES string of the molecule is CC[C@H](C)N(C(=O)COC(=O)CNC(=O)c1ccc(-c2ccccc2)cc1)[C@@H](C)CC. The molecule has 0 bridgehead atoms. The molecular weight excluding hydrogens is 392 g/mol. The number of benzene rings is 2. The van der Waals surface area contributed by atoms with E-state index < -0.39 is 5.97 Å². The largest absolute Gasteiger partial charge is 0.454 e. The lowest BCUT2D eigenvalue weighted by Crippen LogP contribution is -2.46. The zero-order valence-corrected chi connectivity index (χ0v) is 18.8. The third-order valence-electron chi connectivity index (χ3n) is 5.42. The number of ether oxygens (including phenoxy) is 1. The molecule has 2 aromatic carbocycles. The fraction of sp³-hybridized carbons (Fsp3) is 0.400. The highest BCUT2D eigenvalue weighted by Crippen LogP contribution is 2.19. The van der Waals surface area contributed by atoms with E-state index >= 15 is 0 Å². The Morgan fingerprint density at radius 1 is 0.871 bits per heavy atom. The van der Waals surface area contributed by atoms with E-state index in [-0.39, 0.29) is 37.0 Å². The number of carbonyl (C=O) groups is 3. The predicted molar refractivity (Wildman–Crippen MR) is 122 cm³/mol. The summed E-state index contributed by atoms with van der Waals surface area (Å²) in [5, 5.41) is 2.54. The molecule has 0 aliphatic rings. The van der Waals surface area contributed by atoms with Crippen molar-refractivity contribution in [3.63, 3.8) is 0 Å². The topological polar surface area (TPSA) is 75.7 Å². The summed E-state index contributed by atoms with van der Waals surface area (Å²) in [5.41, 5.74) is 2.51. The van der Waals surface area contributed by atoms with Gasteiger partial charge in [-0.25, -0.2) is 0 Å². The van der Waals surface area contributed by atoms with Crippen LogP contribution in [-0.4, -0.2) is 47.9 Å². The van der Waals surface area contributed by atoms with Gasteiger partial charge in [0, 0.05) is 17.6 Å². The number of esters is 1. The highest BCUT2D eigenvalue weighted by atomic mass is 16.5. The summed E-state index contributed by atoms with van der Waals surface area (Å²) in [7, 11) is 0. The molecule has 1 N–H and O–H groups in total. The summed E-state index contributed by atoms with van der Waals surface area (Å²) in [5.74, 6) is -1.24. The average Bonchev–Trinajstić information content (AvgIpc) is 2.81. The molecule has 0 heterocycles. The first-order valence-electron chi connectivity index (χ1n) is 10.8. The Morgan fingerprint density at radius 3 is 1.97 bits per heavy atom. The standard InChI is InChI=1S/C25H32N2O4/c1-5-18(3)27(19(4)6-2)23(28)17-31-24(29)16-26-25(30)22-14-12-21(13-15-22)20-10-8-7-9-11-20/h7-15,18-19H,5-6,16-17H2,1-4H3,(H,26,30)/t18-,19-/m0/s1. The molecule has 6 nitrogen and oxygen atoms in total. The van der Waals surface area contributed by atoms with Crippen molar-refractivity contribution in [2.45, 2.75) is 52.6 Å². The van der Waals surface area contributed by atoms with Crippen LogP contribution in [0.3, 0.4) is 0 Å². The summed E-state index contributed by atoms with van der Waals surface area (Å²) >= 11 is 0. The van der Waals surface area contributed by atoms with Crippen molar-refractivity contribution < 1.29 is 19.1 Å². The van der Waals surface area contributed by atoms with Crippen molar-refractivity contribution >= 4 is 17.8 Å². The van der Waals surface area contributed by atoms with Crippen LogP contribution in [0.2, 0.25) is 0 Å². The second-order valence-electron chi connectivity index (χ2n) is 7.60. The minimum Gasteiger partial charge on any atom is -0.454 e. The van der Waals surface area contributed by atoms with Crippen LogP contribution in [0.25, 0.3) is 11.1 Å². The van der Waals surface area contributed by atoms with Gasteiger partial charge in [-0.2, -0.15) is 0 Å². The molecule has 0 aromatic heterocycles. The number of hydrogen-bond donors (Lipinski definition) is 1. The van der Waals surface area contributed by atoms with Crippen LogP contribution in [0.15, 0.2) is 54.6 Å². The van der Waals surface area contributed by atoms with Gasteiger partial charge in [0.25, 0.3) is 11.8 Å². The first kappa shape index (κ1) is 24.1. The van der Waals surface area contributed by atoms with Gasteiger partial charge in [0.15, 0.2) is 6.61 Å². The minimum absolute atomic E-state index is 0.0692. The zero-order chi connectivity index (χ0) is 22.8. The lowest BCUT2D eigenvalue weighted by atomic mass is 10.0. The molecule has 0 fully saturated rings. The molecule has 2 atom stereocenters. The average molecular weight is 425 g/mol. The number of hydrogen-bond acceptors (Lipinski definition) is 4. The molecule has 0 radical (unpaired) electrons. The van der Waals surface area contributed by atoms with E-state index in [1.54, 1.807) is 17.0 Å². The van der Waals surface area contributed by atoms with Gasteiger partial charge >= 0.3 is 5.97 Å². The van der Waals surface area contributed by atoms with Crippen LogP contribution in [-0.2, 0) is 14.3 Å². The van der Waals surface area contributed by atoms with Crippen LogP contribution < -0.4 is 5.32 Å². The Bertz CT molecular complexity index is 855. The second-order valence-corrected chi connectivity index (χ2v) is 7.60. The van der Waals surface area contributed by atoms with Gasteiger partial charge in [-0.05, 0) is 49.9 Å². The quantitative estimate of drug-likeness (QED) is 0.584. The van der Waals surface area contributed by atoms with Crippen LogP contribution in [0, 0.1) is 0 Å². The number of amides is 2. The maximum absolute atomic E-state index is 12.5. The van der Waals surface area contributed by atoms with Crippen molar-refractivity contribution in [1.82, 2.24) is 10.2 Å². The molecule has 6 heteroatoms. The molecule has 2 amide bonds. The fourth-order valence-electron chi connectivity index (χ4n) is 3.29. The van der Waals surface area contributed by atoms with Crippen LogP contribution in [0.1, 0.15) is 50.9 Å². The normalized spacial score (nSPS) is 12.5. The summed E-state index contributed by atoms with van der Waals surface area (Å²) in [6, 6.07) is 17.1. The molecular formula is C25H32N2O4. The fourth-order valence-corrected chi connectivity index (χ4v) is 3.29. The highest BCUT2D eigenvalue weighted by Gasteiger charge is 2.24. The molecule has 166 valence electrons. The molecule has 2 aromatic rings. The lowest BCUT2D eigenvalue weighted by molar-refractivity contribution is -0.153. The summed E-state index contributed by atoms with van der Waals surface area (Å²) < 4.78 is 5.09. The third-order valence-corrected chi connectivity index (χ3v) is 5.42. The van der Waals surface area contributed by atoms with Crippen molar-refractivity contribution in [1.29, 1.82) is 0 Å². The number of rotatable bonds is 10. The number of nitrogens with one attached hydrogen (secondary N) is 1. The molecule has 31 heavy (non-hydrogen) atoms. The Balaban J connectivity index is 1.84. The number of nitrogens with zero attached hydrogens (tertiary/aromatic N) is 1. The monoisotopic (exact) mass is 424 g/mol. The maximum Gasteiger partial charge on any atom is 0.325 e. The number of carbonyl (C=O) groups excluding carboxylic acids is 3. The molecule has 0 saturated heterocycles. The minimum atomic E-state index is -0.643. The predicted octanol–water partition coefficient (Wildman–Crippen LogP) is 4.05. The van der Waals surface area contributed by atoms with E-state index in [4.69, 9.17) is 4.74 Å². The van der Waals surface area contributed by atoms with Crippen LogP contribution in [0.5, 0.6) is 0 Å². The first-order chi connectivity index (χ1) is 14.9. The third kappa shape index (κ3) is 6.95. The van der Waals surface area contributed by atoms with Gasteiger partial charge in [-0.15, -0.1) is 0 Å². The summed E-state index contributed by atoms with van der Waals surface area (Å²) in [6.45, 7) is 7.38. The van der Waals surface area contributed by atoms with E-state index in [1.165, 1.54) is 0 Å². The van der Waals surface area contributed by atoms with E-state index in [2.05, 4.69) is 5.32 Å². The van der Waals surface area contributed by atoms with Crippen molar-refractivity contribution in [2.75, 3.05) is 13.2 Å². The van der Waals surface area contributed by atoms with E-state index in [0.29, 0.717) is 5.56 Å². The van der Waals surface area contributed by atoms with E-state index in [1.807, 2.05) is 70.2 Å². The van der Waals surface area contributed by atoms with Crippen LogP contribution >= 0.6 is 0 Å². The Hall–Kier alpha value is -3.15. The molecule has 0 aliphatic heterocycles. The molecule has 0 unspecified atom stereocenters. The van der Waals surface area contributed by atoms with Crippen molar-refractivity contribution in [2.24, 2.45) is 0 Å². The molecule has 0 saturated carbocycles. The smallest absolute Gasteiger partial charge is 0.325 e. The van der Waals surface area contributed by atoms with Gasteiger partial charge in [-0.3, -0.25) is 14.4 Å². The van der Waals surface area contributed by atoms with E-state index in [9.17, 15) is 14.4 Å². The van der Waals surface area contributed by atoms with Gasteiger partial charge in [0.1, 0.15) is 6.54 Å². The van der Waals surface area contributed by atoms with Gasteiger partial charge in [-0.1, -0.05) is 56.3 Å². The lowest BCUT2D eigenvalue weighted by Gasteiger charge is -2.33. The van der Waals surface area contributed by atoms with Crippen LogP contribution in [0.4, 0.5) is 0 Å². The maximum atomic E-state index is 12.5. The van der Waals surface area contributed by atoms with Gasteiger partial charge in [0.05, 0.1) is 0 Å². The Labute approximate surface area is 184 Å². The summed E-state index contributed by atoms with van der Waals surface area (Å²) in [4.78, 5) is 38.6. The molecule has 2 rings (SSSR count). The van der Waals surface area contributed by atoms with Crippen molar-refractivity contribution in [3.05, 3.63) is 60.2 Å². The highest BCUT2D eigenvalue weighted by molar-refractivity contribution is 5.96. The Kier molecular flexibility index (Phi) is 9.25. The Morgan fingerprint density at radius 2 is 1.42 bits per heavy atom. The first-order valence-corrected chi connectivity index (χ1v) is 10.8. The molecule has 0 spiro atoms. The second kappa shape index (κ2) is 11.9. The zero-order valence-electron chi connectivity index (χ0n) is 18.8. The van der Waals surface area contributed by atoms with E-state index in [0.717, 1.165) is 24.0 Å². The van der Waals surface area contributed by atoms with Gasteiger partial charge in [0.2, 0.25) is 0 Å². The molecule has 0 aliphatic carbocycles. The van der Waals surface area contributed by atoms with Crippen molar-refractivity contribution in [3.8, 4) is 11.1 Å². The summed E-state index contributed by atoms with van der Waals surface area (Å²) in [6.07, 6.45) is 1.65. The van der Waals surface area contributed by atoms with Gasteiger partial charge < -0.3 is 15.0 Å².